The third-order valence-corrected chi connectivity index (χ3v) is 1.74. The van der Waals surface area contributed by atoms with E-state index >= 15 is 0 Å². The lowest BCUT2D eigenvalue weighted by Crippen LogP contribution is -2.23. The van der Waals surface area contributed by atoms with E-state index in [0.717, 1.165) is 19.5 Å². The van der Waals surface area contributed by atoms with Crippen LogP contribution in [0.15, 0.2) is 17.1 Å². The fraction of sp³-hybridized carbons (Fsp3) is 0.429. The maximum absolute atomic E-state index is 10.8. The molecule has 2 heterocycles. The summed E-state index contributed by atoms with van der Waals surface area (Å²) < 4.78 is 1.95. The predicted molar refractivity (Wildman–Crippen MR) is 41.6 cm³/mol. The van der Waals surface area contributed by atoms with Gasteiger partial charge in [-0.1, -0.05) is 0 Å². The smallest absolute Gasteiger partial charge is 0.274 e. The average molecular weight is 151 g/mol. The quantitative estimate of drug-likeness (QED) is 0.570. The summed E-state index contributed by atoms with van der Waals surface area (Å²) in [6, 6.07) is 1.48. The first-order valence-electron chi connectivity index (χ1n) is 3.67. The van der Waals surface area contributed by atoms with Gasteiger partial charge in [-0.25, -0.2) is 0 Å². The molecule has 4 nitrogen and oxygen atoms in total. The lowest BCUT2D eigenvalue weighted by molar-refractivity contribution is 0.610. The van der Waals surface area contributed by atoms with Gasteiger partial charge < -0.3 is 9.88 Å². The molecule has 0 saturated carbocycles. The molecular weight excluding hydrogens is 142 g/mol. The molecule has 1 aliphatic rings. The molecule has 0 unspecified atom stereocenters. The maximum atomic E-state index is 10.8. The number of nitrogens with one attached hydrogen (secondary N) is 1. The van der Waals surface area contributed by atoms with Crippen molar-refractivity contribution in [1.29, 1.82) is 0 Å². The Labute approximate surface area is 63.9 Å². The molecule has 0 aromatic carbocycles. The van der Waals surface area contributed by atoms with Gasteiger partial charge >= 0.3 is 0 Å². The fourth-order valence-electron chi connectivity index (χ4n) is 1.20. The van der Waals surface area contributed by atoms with Crippen molar-refractivity contribution in [2.45, 2.75) is 13.0 Å². The van der Waals surface area contributed by atoms with Crippen LogP contribution in [0.2, 0.25) is 0 Å². The van der Waals surface area contributed by atoms with Crippen LogP contribution in [0, 0.1) is 0 Å². The van der Waals surface area contributed by atoms with Crippen molar-refractivity contribution in [2.75, 3.05) is 11.9 Å². The number of hydrogen-bond donors (Lipinski definition) is 1. The monoisotopic (exact) mass is 151 g/mol. The summed E-state index contributed by atoms with van der Waals surface area (Å²) in [4.78, 5) is 14.6. The van der Waals surface area contributed by atoms with Crippen LogP contribution in [0.5, 0.6) is 0 Å². The van der Waals surface area contributed by atoms with Crippen LogP contribution in [0.25, 0.3) is 0 Å². The molecule has 0 radical (unpaired) electrons. The number of hydrogen-bond acceptors (Lipinski definition) is 3. The van der Waals surface area contributed by atoms with E-state index in [9.17, 15) is 4.79 Å². The van der Waals surface area contributed by atoms with Crippen LogP contribution in [0.3, 0.4) is 0 Å². The molecule has 0 saturated heterocycles. The number of anilines is 1. The van der Waals surface area contributed by atoms with E-state index in [1.807, 2.05) is 4.57 Å². The first-order valence-corrected chi connectivity index (χ1v) is 3.67. The van der Waals surface area contributed by atoms with Crippen LogP contribution < -0.4 is 10.9 Å². The number of aryl methyl sites for hydroxylation is 1. The first kappa shape index (κ1) is 6.39. The Bertz CT molecular complexity index is 318. The molecular formula is C7H9N3O. The van der Waals surface area contributed by atoms with Gasteiger partial charge in [-0.2, -0.15) is 4.98 Å². The van der Waals surface area contributed by atoms with E-state index in [0.29, 0.717) is 5.95 Å². The second-order valence-corrected chi connectivity index (χ2v) is 2.56. The number of nitrogens with zero attached hydrogens (tertiary/aromatic N) is 2. The number of rotatable bonds is 0. The number of aromatic nitrogens is 2. The highest BCUT2D eigenvalue weighted by Gasteiger charge is 2.05. The highest BCUT2D eigenvalue weighted by atomic mass is 16.1. The van der Waals surface area contributed by atoms with Crippen LogP contribution in [-0.4, -0.2) is 16.1 Å². The average Bonchev–Trinajstić information content (AvgIpc) is 2.04. The minimum Gasteiger partial charge on any atom is -0.355 e. The summed E-state index contributed by atoms with van der Waals surface area (Å²) in [5.41, 5.74) is -0.175. The zero-order valence-corrected chi connectivity index (χ0v) is 6.08. The van der Waals surface area contributed by atoms with Crippen molar-refractivity contribution in [2.24, 2.45) is 0 Å². The van der Waals surface area contributed by atoms with Crippen molar-refractivity contribution in [1.82, 2.24) is 9.55 Å². The summed E-state index contributed by atoms with van der Waals surface area (Å²) in [6.07, 6.45) is 2.87. The van der Waals surface area contributed by atoms with Crippen molar-refractivity contribution < 1.29 is 0 Å². The Balaban J connectivity index is 2.51. The van der Waals surface area contributed by atoms with Crippen molar-refractivity contribution in [3.8, 4) is 0 Å². The van der Waals surface area contributed by atoms with E-state index in [4.69, 9.17) is 0 Å². The van der Waals surface area contributed by atoms with Crippen molar-refractivity contribution >= 4 is 5.95 Å². The maximum Gasteiger partial charge on any atom is 0.274 e. The molecule has 11 heavy (non-hydrogen) atoms. The summed E-state index contributed by atoms with van der Waals surface area (Å²) in [6.45, 7) is 1.87. The Morgan fingerprint density at radius 3 is 3.45 bits per heavy atom. The highest BCUT2D eigenvalue weighted by molar-refractivity contribution is 5.26. The molecule has 0 fully saturated rings. The minimum atomic E-state index is -0.175. The molecule has 1 aromatic rings. The van der Waals surface area contributed by atoms with E-state index in [1.165, 1.54) is 6.07 Å². The van der Waals surface area contributed by atoms with Gasteiger partial charge in [0.1, 0.15) is 0 Å². The molecule has 58 valence electrons. The topological polar surface area (TPSA) is 46.9 Å². The van der Waals surface area contributed by atoms with Crippen LogP contribution >= 0.6 is 0 Å². The first-order chi connectivity index (χ1) is 5.36. The largest absolute Gasteiger partial charge is 0.355 e. The van der Waals surface area contributed by atoms with E-state index < -0.39 is 0 Å². The van der Waals surface area contributed by atoms with Gasteiger partial charge in [0.2, 0.25) is 5.95 Å². The van der Waals surface area contributed by atoms with Crippen LogP contribution in [0.1, 0.15) is 6.42 Å². The van der Waals surface area contributed by atoms with E-state index in [1.54, 1.807) is 6.20 Å². The number of fused-ring (bicyclic) bond motifs is 1. The third-order valence-electron chi connectivity index (χ3n) is 1.74. The Hall–Kier alpha value is -1.32. The molecule has 4 heteroatoms. The summed E-state index contributed by atoms with van der Waals surface area (Å²) >= 11 is 0. The van der Waals surface area contributed by atoms with Crippen molar-refractivity contribution in [3.05, 3.63) is 22.6 Å². The van der Waals surface area contributed by atoms with E-state index in [-0.39, 0.29) is 5.56 Å². The Kier molecular flexibility index (Phi) is 1.38. The molecule has 0 atom stereocenters. The lowest BCUT2D eigenvalue weighted by Gasteiger charge is -2.17. The molecule has 0 aliphatic carbocycles. The molecule has 1 aliphatic heterocycles. The van der Waals surface area contributed by atoms with Gasteiger partial charge in [-0.15, -0.1) is 0 Å². The normalized spacial score (nSPS) is 15.3. The third kappa shape index (κ3) is 1.11. The van der Waals surface area contributed by atoms with E-state index in [2.05, 4.69) is 10.3 Å². The fourth-order valence-corrected chi connectivity index (χ4v) is 1.20. The zero-order valence-electron chi connectivity index (χ0n) is 6.08. The van der Waals surface area contributed by atoms with Gasteiger partial charge in [0.25, 0.3) is 5.56 Å². The van der Waals surface area contributed by atoms with Crippen molar-refractivity contribution in [3.63, 3.8) is 0 Å². The minimum absolute atomic E-state index is 0.175. The SMILES string of the molecule is O=c1ccn2c(n1)NCCC2. The Morgan fingerprint density at radius 2 is 2.55 bits per heavy atom. The lowest BCUT2D eigenvalue weighted by atomic mass is 10.3. The highest BCUT2D eigenvalue weighted by Crippen LogP contribution is 2.06. The predicted octanol–water partition coefficient (Wildman–Crippen LogP) is 0.0589. The Morgan fingerprint density at radius 1 is 1.64 bits per heavy atom. The second kappa shape index (κ2) is 2.38. The molecule has 0 bridgehead atoms. The van der Waals surface area contributed by atoms with Gasteiger partial charge in [0.15, 0.2) is 0 Å². The van der Waals surface area contributed by atoms with Crippen LogP contribution in [-0.2, 0) is 6.54 Å². The summed E-state index contributed by atoms with van der Waals surface area (Å²) in [5, 5.41) is 3.06. The summed E-state index contributed by atoms with van der Waals surface area (Å²) in [5.74, 6) is 0.698. The summed E-state index contributed by atoms with van der Waals surface area (Å²) in [7, 11) is 0. The van der Waals surface area contributed by atoms with Gasteiger partial charge in [0, 0.05) is 25.4 Å². The second-order valence-electron chi connectivity index (χ2n) is 2.56. The standard InChI is InChI=1S/C7H9N3O/c11-6-2-5-10-4-1-3-8-7(10)9-6/h2,5H,1,3-4H2,(H,8,9,11). The van der Waals surface area contributed by atoms with Gasteiger partial charge in [0.05, 0.1) is 0 Å². The molecule has 1 N–H and O–H groups in total. The van der Waals surface area contributed by atoms with Gasteiger partial charge in [-0.05, 0) is 6.42 Å². The van der Waals surface area contributed by atoms with Crippen LogP contribution in [0.4, 0.5) is 5.95 Å². The zero-order chi connectivity index (χ0) is 7.68. The molecule has 1 aromatic heterocycles. The molecule has 2 rings (SSSR count). The molecule has 0 spiro atoms. The molecule has 0 amide bonds. The van der Waals surface area contributed by atoms with Gasteiger partial charge in [-0.3, -0.25) is 4.79 Å².